The SMILES string of the molecule is NC(=O)c1c(-c2ccc(OC3CCCC3)c(F)c2)oc2c(-c3nnn[nH]3)cccc12. The summed E-state index contributed by atoms with van der Waals surface area (Å²) in [6.45, 7) is 0. The van der Waals surface area contributed by atoms with Crippen molar-refractivity contribution in [2.24, 2.45) is 5.73 Å². The van der Waals surface area contributed by atoms with Crippen LogP contribution in [0.25, 0.3) is 33.7 Å². The van der Waals surface area contributed by atoms with Gasteiger partial charge in [0.25, 0.3) is 5.91 Å². The molecule has 0 radical (unpaired) electrons. The lowest BCUT2D eigenvalue weighted by Crippen LogP contribution is -2.12. The number of para-hydroxylation sites is 1. The number of primary amides is 1. The summed E-state index contributed by atoms with van der Waals surface area (Å²) in [5, 5.41) is 14.2. The molecule has 5 rings (SSSR count). The molecule has 0 atom stereocenters. The highest BCUT2D eigenvalue weighted by Gasteiger charge is 2.24. The minimum atomic E-state index is -0.678. The number of halogens is 1. The number of carbonyl (C=O) groups is 1. The summed E-state index contributed by atoms with van der Waals surface area (Å²) < 4.78 is 26.5. The molecule has 0 aliphatic heterocycles. The second-order valence-corrected chi connectivity index (χ2v) is 7.27. The largest absolute Gasteiger partial charge is 0.487 e. The molecule has 1 amide bonds. The van der Waals surface area contributed by atoms with Crippen molar-refractivity contribution in [2.75, 3.05) is 0 Å². The lowest BCUT2D eigenvalue weighted by atomic mass is 10.0. The normalized spacial score (nSPS) is 14.4. The second-order valence-electron chi connectivity index (χ2n) is 7.27. The summed E-state index contributed by atoms with van der Waals surface area (Å²) in [4.78, 5) is 12.2. The van der Waals surface area contributed by atoms with Gasteiger partial charge in [-0.25, -0.2) is 9.49 Å². The van der Waals surface area contributed by atoms with Gasteiger partial charge >= 0.3 is 0 Å². The van der Waals surface area contributed by atoms with Gasteiger partial charge in [-0.1, -0.05) is 12.1 Å². The van der Waals surface area contributed by atoms with E-state index in [2.05, 4.69) is 20.6 Å². The Balaban J connectivity index is 1.61. The van der Waals surface area contributed by atoms with Crippen molar-refractivity contribution in [3.05, 3.63) is 47.8 Å². The molecule has 1 saturated carbocycles. The van der Waals surface area contributed by atoms with Gasteiger partial charge in [0, 0.05) is 10.9 Å². The molecule has 3 N–H and O–H groups in total. The van der Waals surface area contributed by atoms with Gasteiger partial charge in [0.2, 0.25) is 0 Å². The lowest BCUT2D eigenvalue weighted by Gasteiger charge is -2.14. The molecule has 1 aliphatic rings. The summed E-state index contributed by atoms with van der Waals surface area (Å²) in [5.74, 6) is -0.443. The Morgan fingerprint density at radius 1 is 1.23 bits per heavy atom. The van der Waals surface area contributed by atoms with Crippen LogP contribution in [-0.4, -0.2) is 32.6 Å². The molecule has 0 bridgehead atoms. The number of nitrogens with two attached hydrogens (primary N) is 1. The summed E-state index contributed by atoms with van der Waals surface area (Å²) in [5.41, 5.74) is 7.14. The zero-order valence-electron chi connectivity index (χ0n) is 15.9. The fourth-order valence-corrected chi connectivity index (χ4v) is 3.95. The van der Waals surface area contributed by atoms with Gasteiger partial charge in [-0.05, 0) is 60.4 Å². The van der Waals surface area contributed by atoms with Crippen molar-refractivity contribution in [2.45, 2.75) is 31.8 Å². The molecule has 2 aromatic carbocycles. The van der Waals surface area contributed by atoms with Gasteiger partial charge in [0.05, 0.1) is 17.2 Å². The van der Waals surface area contributed by atoms with E-state index in [9.17, 15) is 9.18 Å². The first-order chi connectivity index (χ1) is 14.6. The van der Waals surface area contributed by atoms with Crippen LogP contribution in [0, 0.1) is 5.82 Å². The molecular weight excluding hydrogens is 389 g/mol. The van der Waals surface area contributed by atoms with Crippen LogP contribution in [0.4, 0.5) is 4.39 Å². The van der Waals surface area contributed by atoms with Gasteiger partial charge < -0.3 is 14.9 Å². The summed E-state index contributed by atoms with van der Waals surface area (Å²) >= 11 is 0. The lowest BCUT2D eigenvalue weighted by molar-refractivity contribution is 0.100. The fraction of sp³-hybridized carbons (Fsp3) is 0.238. The molecule has 8 nitrogen and oxygen atoms in total. The maximum absolute atomic E-state index is 14.8. The zero-order chi connectivity index (χ0) is 20.7. The van der Waals surface area contributed by atoms with E-state index in [1.807, 2.05) is 0 Å². The molecule has 2 heterocycles. The van der Waals surface area contributed by atoms with Crippen molar-refractivity contribution in [3.8, 4) is 28.5 Å². The first-order valence-electron chi connectivity index (χ1n) is 9.68. The van der Waals surface area contributed by atoms with Gasteiger partial charge in [-0.2, -0.15) is 0 Å². The quantitative estimate of drug-likeness (QED) is 0.519. The standard InChI is InChI=1S/C21H18FN5O3/c22-15-10-11(8-9-16(15)29-12-4-1-2-5-12)18-17(20(23)28)13-6-3-7-14(19(13)30-18)21-24-26-27-25-21/h3,6-10,12H,1-2,4-5H2,(H2,23,28)(H,24,25,26,27). The predicted octanol–water partition coefficient (Wildman–Crippen LogP) is 3.84. The molecule has 9 heteroatoms. The molecule has 2 aromatic heterocycles. The monoisotopic (exact) mass is 407 g/mol. The molecule has 152 valence electrons. The maximum atomic E-state index is 14.8. The number of amides is 1. The molecule has 1 fully saturated rings. The number of fused-ring (bicyclic) bond motifs is 1. The van der Waals surface area contributed by atoms with Gasteiger partial charge in [-0.3, -0.25) is 4.79 Å². The van der Waals surface area contributed by atoms with Crippen molar-refractivity contribution in [1.29, 1.82) is 0 Å². The van der Waals surface area contributed by atoms with Crippen LogP contribution in [0.1, 0.15) is 36.0 Å². The molecular formula is C21H18FN5O3. The van der Waals surface area contributed by atoms with Gasteiger partial charge in [0.1, 0.15) is 11.3 Å². The minimum Gasteiger partial charge on any atom is -0.487 e. The number of nitrogens with zero attached hydrogens (tertiary/aromatic N) is 3. The number of hydrogen-bond acceptors (Lipinski definition) is 6. The Hall–Kier alpha value is -3.75. The number of ether oxygens (including phenoxy) is 1. The number of tetrazole rings is 1. The van der Waals surface area contributed by atoms with E-state index in [1.54, 1.807) is 30.3 Å². The van der Waals surface area contributed by atoms with Crippen LogP contribution in [0.3, 0.4) is 0 Å². The Kier molecular flexibility index (Phi) is 4.42. The van der Waals surface area contributed by atoms with Crippen LogP contribution in [0.15, 0.2) is 40.8 Å². The van der Waals surface area contributed by atoms with Gasteiger partial charge in [0.15, 0.2) is 17.4 Å². The second kappa shape index (κ2) is 7.25. The summed E-state index contributed by atoms with van der Waals surface area (Å²) in [6.07, 6.45) is 4.07. The average Bonchev–Trinajstić information content (AvgIpc) is 3.49. The Morgan fingerprint density at radius 2 is 2.07 bits per heavy atom. The number of aromatic amines is 1. The first kappa shape index (κ1) is 18.3. The number of H-pyrrole nitrogens is 1. The number of furan rings is 1. The van der Waals surface area contributed by atoms with Crippen LogP contribution in [0.5, 0.6) is 5.75 Å². The fourth-order valence-electron chi connectivity index (χ4n) is 3.95. The topological polar surface area (TPSA) is 120 Å². The third-order valence-corrected chi connectivity index (χ3v) is 5.35. The first-order valence-corrected chi connectivity index (χ1v) is 9.68. The van der Waals surface area contributed by atoms with Crippen LogP contribution < -0.4 is 10.5 Å². The third kappa shape index (κ3) is 3.08. The van der Waals surface area contributed by atoms with Crippen LogP contribution in [-0.2, 0) is 0 Å². The Bertz CT molecular complexity index is 1230. The van der Waals surface area contributed by atoms with Crippen molar-refractivity contribution < 1.29 is 18.3 Å². The van der Waals surface area contributed by atoms with Crippen molar-refractivity contribution in [3.63, 3.8) is 0 Å². The van der Waals surface area contributed by atoms with Crippen LogP contribution in [0.2, 0.25) is 0 Å². The molecule has 0 unspecified atom stereocenters. The predicted molar refractivity (Wildman–Crippen MR) is 106 cm³/mol. The number of benzene rings is 2. The summed E-state index contributed by atoms with van der Waals surface area (Å²) in [7, 11) is 0. The third-order valence-electron chi connectivity index (χ3n) is 5.35. The van der Waals surface area contributed by atoms with E-state index in [0.29, 0.717) is 27.9 Å². The Morgan fingerprint density at radius 3 is 2.77 bits per heavy atom. The highest BCUT2D eigenvalue weighted by atomic mass is 19.1. The zero-order valence-corrected chi connectivity index (χ0v) is 15.9. The van der Waals surface area contributed by atoms with E-state index >= 15 is 0 Å². The van der Waals surface area contributed by atoms with Crippen LogP contribution >= 0.6 is 0 Å². The van der Waals surface area contributed by atoms with Crippen molar-refractivity contribution >= 4 is 16.9 Å². The molecule has 4 aromatic rings. The van der Waals surface area contributed by atoms with Gasteiger partial charge in [-0.15, -0.1) is 5.10 Å². The van der Waals surface area contributed by atoms with E-state index in [0.717, 1.165) is 25.7 Å². The van der Waals surface area contributed by atoms with Crippen molar-refractivity contribution in [1.82, 2.24) is 20.6 Å². The number of rotatable bonds is 5. The molecule has 0 spiro atoms. The average molecular weight is 407 g/mol. The highest BCUT2D eigenvalue weighted by molar-refractivity contribution is 6.12. The molecule has 0 saturated heterocycles. The minimum absolute atomic E-state index is 0.0378. The summed E-state index contributed by atoms with van der Waals surface area (Å²) in [6, 6.07) is 9.72. The molecule has 30 heavy (non-hydrogen) atoms. The Labute approximate surface area is 170 Å². The smallest absolute Gasteiger partial charge is 0.253 e. The maximum Gasteiger partial charge on any atom is 0.253 e. The molecule has 1 aliphatic carbocycles. The number of hydrogen-bond donors (Lipinski definition) is 2. The number of aromatic nitrogens is 4. The number of carbonyl (C=O) groups excluding carboxylic acids is 1. The van der Waals surface area contributed by atoms with E-state index in [-0.39, 0.29) is 23.2 Å². The highest BCUT2D eigenvalue weighted by Crippen LogP contribution is 2.38. The number of nitrogens with one attached hydrogen (secondary N) is 1. The van der Waals surface area contributed by atoms with E-state index < -0.39 is 11.7 Å². The van der Waals surface area contributed by atoms with E-state index in [4.69, 9.17) is 14.9 Å². The van der Waals surface area contributed by atoms with E-state index in [1.165, 1.54) is 6.07 Å².